The largest absolute Gasteiger partial charge is 0.493 e. The van der Waals surface area contributed by atoms with Gasteiger partial charge < -0.3 is 10.1 Å². The van der Waals surface area contributed by atoms with E-state index in [1.807, 2.05) is 19.2 Å². The molecule has 1 heterocycles. The van der Waals surface area contributed by atoms with E-state index in [9.17, 15) is 0 Å². The fourth-order valence-corrected chi connectivity index (χ4v) is 4.15. The fraction of sp³-hybridized carbons (Fsp3) is 0.706. The van der Waals surface area contributed by atoms with Gasteiger partial charge in [-0.3, -0.25) is 4.98 Å². The van der Waals surface area contributed by atoms with Crippen LogP contribution in [-0.2, 0) is 0 Å². The van der Waals surface area contributed by atoms with Crippen molar-refractivity contribution < 1.29 is 4.74 Å². The van der Waals surface area contributed by atoms with Crippen molar-refractivity contribution in [3.8, 4) is 5.75 Å². The second kappa shape index (κ2) is 6.02. The van der Waals surface area contributed by atoms with E-state index in [4.69, 9.17) is 4.74 Å². The topological polar surface area (TPSA) is 34.1 Å². The Morgan fingerprint density at radius 1 is 1.15 bits per heavy atom. The van der Waals surface area contributed by atoms with E-state index in [0.29, 0.717) is 6.04 Å². The molecule has 3 nitrogen and oxygen atoms in total. The summed E-state index contributed by atoms with van der Waals surface area (Å²) in [4.78, 5) is 4.30. The average Bonchev–Trinajstić information content (AvgIpc) is 2.47. The predicted octanol–water partition coefficient (Wildman–Crippen LogP) is 4.17. The molecule has 3 rings (SSSR count). The third-order valence-corrected chi connectivity index (χ3v) is 5.19. The second-order valence-electron chi connectivity index (χ2n) is 6.44. The first-order chi connectivity index (χ1) is 9.78. The lowest BCUT2D eigenvalue weighted by atomic mass is 9.69. The van der Waals surface area contributed by atoms with Crippen LogP contribution in [0.2, 0.25) is 0 Å². The van der Waals surface area contributed by atoms with Crippen molar-refractivity contribution in [1.29, 1.82) is 0 Å². The van der Waals surface area contributed by atoms with E-state index < -0.39 is 0 Å². The normalized spacial score (nSPS) is 29.6. The van der Waals surface area contributed by atoms with E-state index in [0.717, 1.165) is 29.0 Å². The van der Waals surface area contributed by atoms with Gasteiger partial charge in [0.1, 0.15) is 0 Å². The molecule has 110 valence electrons. The summed E-state index contributed by atoms with van der Waals surface area (Å²) in [6, 6.07) is 2.64. The molecule has 3 heteroatoms. The highest BCUT2D eigenvalue weighted by Gasteiger charge is 2.32. The summed E-state index contributed by atoms with van der Waals surface area (Å²) >= 11 is 0. The summed E-state index contributed by atoms with van der Waals surface area (Å²) in [5, 5.41) is 3.71. The van der Waals surface area contributed by atoms with Crippen LogP contribution in [0.5, 0.6) is 5.75 Å². The summed E-state index contributed by atoms with van der Waals surface area (Å²) in [7, 11) is 1.73. The van der Waals surface area contributed by atoms with Crippen LogP contribution in [0.4, 0.5) is 5.69 Å². The molecular formula is C17H26N2O. The van der Waals surface area contributed by atoms with E-state index in [2.05, 4.69) is 10.3 Å². The number of nitrogens with zero attached hydrogens (tertiary/aromatic N) is 1. The number of aryl methyl sites for hydroxylation is 1. The Morgan fingerprint density at radius 2 is 1.95 bits per heavy atom. The van der Waals surface area contributed by atoms with Crippen LogP contribution < -0.4 is 10.1 Å². The van der Waals surface area contributed by atoms with Crippen molar-refractivity contribution >= 4 is 5.69 Å². The first kappa shape index (κ1) is 13.7. The zero-order chi connectivity index (χ0) is 13.9. The molecule has 3 atom stereocenters. The third kappa shape index (κ3) is 2.77. The minimum absolute atomic E-state index is 0.602. The maximum Gasteiger partial charge on any atom is 0.163 e. The van der Waals surface area contributed by atoms with Crippen LogP contribution >= 0.6 is 0 Å². The smallest absolute Gasteiger partial charge is 0.163 e. The summed E-state index contributed by atoms with van der Waals surface area (Å²) < 4.78 is 5.50. The fourth-order valence-electron chi connectivity index (χ4n) is 4.15. The number of aromatic nitrogens is 1. The van der Waals surface area contributed by atoms with Crippen LogP contribution in [0.25, 0.3) is 0 Å². The number of fused-ring (bicyclic) bond motifs is 1. The number of methoxy groups -OCH3 is 1. The lowest BCUT2D eigenvalue weighted by molar-refractivity contribution is 0.162. The molecule has 0 aromatic carbocycles. The molecule has 2 fully saturated rings. The molecule has 1 aromatic heterocycles. The summed E-state index contributed by atoms with van der Waals surface area (Å²) in [6.07, 6.45) is 11.7. The van der Waals surface area contributed by atoms with Gasteiger partial charge in [0, 0.05) is 12.2 Å². The minimum atomic E-state index is 0.602. The molecule has 2 aliphatic carbocycles. The zero-order valence-electron chi connectivity index (χ0n) is 12.7. The van der Waals surface area contributed by atoms with Gasteiger partial charge in [-0.15, -0.1) is 0 Å². The van der Waals surface area contributed by atoms with Crippen LogP contribution in [0, 0.1) is 18.8 Å². The highest BCUT2D eigenvalue weighted by atomic mass is 16.5. The van der Waals surface area contributed by atoms with Gasteiger partial charge in [-0.25, -0.2) is 0 Å². The Labute approximate surface area is 122 Å². The molecule has 1 N–H and O–H groups in total. The van der Waals surface area contributed by atoms with Crippen molar-refractivity contribution in [2.75, 3.05) is 12.4 Å². The highest BCUT2D eigenvalue weighted by molar-refractivity contribution is 5.58. The summed E-state index contributed by atoms with van der Waals surface area (Å²) in [5.74, 6) is 2.85. The molecule has 20 heavy (non-hydrogen) atoms. The number of hydrogen-bond acceptors (Lipinski definition) is 3. The Balaban J connectivity index is 1.68. The minimum Gasteiger partial charge on any atom is -0.493 e. The van der Waals surface area contributed by atoms with Crippen LogP contribution in [0.1, 0.15) is 50.6 Å². The van der Waals surface area contributed by atoms with Gasteiger partial charge >= 0.3 is 0 Å². The monoisotopic (exact) mass is 274 g/mol. The predicted molar refractivity (Wildman–Crippen MR) is 82.2 cm³/mol. The highest BCUT2D eigenvalue weighted by Crippen LogP contribution is 2.41. The van der Waals surface area contributed by atoms with Crippen molar-refractivity contribution in [2.45, 2.75) is 57.9 Å². The van der Waals surface area contributed by atoms with Gasteiger partial charge in [-0.05, 0) is 44.1 Å². The Hall–Kier alpha value is -1.25. The lowest BCUT2D eigenvalue weighted by Crippen LogP contribution is -2.34. The van der Waals surface area contributed by atoms with Crippen LogP contribution in [-0.4, -0.2) is 18.1 Å². The van der Waals surface area contributed by atoms with Crippen LogP contribution in [0.3, 0.4) is 0 Å². The molecule has 2 saturated carbocycles. The van der Waals surface area contributed by atoms with Crippen molar-refractivity contribution in [2.24, 2.45) is 11.8 Å². The molecule has 0 aliphatic heterocycles. The number of anilines is 1. The number of nitrogens with one attached hydrogen (secondary N) is 1. The summed E-state index contributed by atoms with van der Waals surface area (Å²) in [6.45, 7) is 2.00. The second-order valence-corrected chi connectivity index (χ2v) is 6.44. The Kier molecular flexibility index (Phi) is 4.13. The molecular weight excluding hydrogens is 248 g/mol. The number of ether oxygens (including phenoxy) is 1. The van der Waals surface area contributed by atoms with Gasteiger partial charge in [0.15, 0.2) is 5.75 Å². The quantitative estimate of drug-likeness (QED) is 0.898. The maximum atomic E-state index is 5.50. The maximum absolute atomic E-state index is 5.50. The van der Waals surface area contributed by atoms with Crippen molar-refractivity contribution in [1.82, 2.24) is 4.98 Å². The van der Waals surface area contributed by atoms with Gasteiger partial charge in [0.2, 0.25) is 0 Å². The lowest BCUT2D eigenvalue weighted by Gasteiger charge is -2.40. The Bertz CT molecular complexity index is 460. The zero-order valence-corrected chi connectivity index (χ0v) is 12.7. The first-order valence-corrected chi connectivity index (χ1v) is 8.04. The molecule has 2 aliphatic rings. The number of hydrogen-bond donors (Lipinski definition) is 1. The molecule has 0 spiro atoms. The van der Waals surface area contributed by atoms with E-state index in [-0.39, 0.29) is 0 Å². The average molecular weight is 274 g/mol. The first-order valence-electron chi connectivity index (χ1n) is 8.04. The molecule has 3 unspecified atom stereocenters. The number of pyridine rings is 1. The third-order valence-electron chi connectivity index (χ3n) is 5.19. The molecule has 0 amide bonds. The molecule has 0 saturated heterocycles. The Morgan fingerprint density at radius 3 is 2.75 bits per heavy atom. The molecule has 1 aromatic rings. The van der Waals surface area contributed by atoms with Crippen molar-refractivity contribution in [3.05, 3.63) is 18.0 Å². The van der Waals surface area contributed by atoms with Gasteiger partial charge in [0.25, 0.3) is 0 Å². The van der Waals surface area contributed by atoms with E-state index in [1.54, 1.807) is 7.11 Å². The van der Waals surface area contributed by atoms with Crippen LogP contribution in [0.15, 0.2) is 12.3 Å². The van der Waals surface area contributed by atoms with Gasteiger partial charge in [0.05, 0.1) is 18.5 Å². The van der Waals surface area contributed by atoms with Gasteiger partial charge in [-0.2, -0.15) is 0 Å². The molecule has 0 bridgehead atoms. The number of rotatable bonds is 3. The standard InChI is InChI=1S/C17H26N2O/c1-12-17(20-2)16(9-10-18-12)19-15-8-7-13-5-3-4-6-14(13)11-15/h9-10,13-15H,3-8,11H2,1-2H3,(H,18,19). The SMILES string of the molecule is COc1c(NC2CCC3CCCCC3C2)ccnc1C. The van der Waals surface area contributed by atoms with E-state index >= 15 is 0 Å². The van der Waals surface area contributed by atoms with Crippen molar-refractivity contribution in [3.63, 3.8) is 0 Å². The summed E-state index contributed by atoms with van der Waals surface area (Å²) in [5.41, 5.74) is 2.07. The van der Waals surface area contributed by atoms with E-state index in [1.165, 1.54) is 44.9 Å². The molecule has 0 radical (unpaired) electrons. The van der Waals surface area contributed by atoms with Gasteiger partial charge in [-0.1, -0.05) is 25.7 Å².